The molecule has 0 aliphatic carbocycles. The number of aliphatic hydroxyl groups excluding tert-OH is 1. The number of imidazole rings is 1. The number of carbonyl (C=O) groups is 1. The first-order chi connectivity index (χ1) is 5.65. The van der Waals surface area contributed by atoms with Crippen LogP contribution in [0.25, 0.3) is 0 Å². The molecule has 0 spiro atoms. The number of nitrogens with zero attached hydrogens (tertiary/aromatic N) is 2. The summed E-state index contributed by atoms with van der Waals surface area (Å²) < 4.78 is 1.42. The average Bonchev–Trinajstić information content (AvgIpc) is 2.32. The molecule has 6 heteroatoms. The molecule has 0 saturated heterocycles. The van der Waals surface area contributed by atoms with Crippen LogP contribution in [0.1, 0.15) is 11.4 Å². The summed E-state index contributed by atoms with van der Waals surface area (Å²) >= 11 is 0. The van der Waals surface area contributed by atoms with Crippen molar-refractivity contribution in [2.75, 3.05) is 0 Å². The fraction of sp³-hybridized carbons (Fsp3) is 0.429. The molecule has 0 aromatic carbocycles. The summed E-state index contributed by atoms with van der Waals surface area (Å²) in [6.07, 6.45) is 1.37. The van der Waals surface area contributed by atoms with Crippen LogP contribution in [0.2, 0.25) is 0 Å². The van der Waals surface area contributed by atoms with E-state index in [1.165, 1.54) is 10.9 Å². The smallest absolute Gasteiger partial charge is 0.548 e. The number of carboxylic acids is 1. The predicted octanol–water partition coefficient (Wildman–Crippen LogP) is -4.56. The van der Waals surface area contributed by atoms with Crippen LogP contribution < -0.4 is 56.5 Å². The van der Waals surface area contributed by atoms with Gasteiger partial charge in [-0.2, -0.15) is 0 Å². The van der Waals surface area contributed by atoms with Gasteiger partial charge in [0.25, 0.3) is 0 Å². The Morgan fingerprint density at radius 1 is 1.77 bits per heavy atom. The van der Waals surface area contributed by atoms with E-state index in [2.05, 4.69) is 4.98 Å². The van der Waals surface area contributed by atoms with Crippen LogP contribution in [0.15, 0.2) is 6.33 Å². The standard InChI is InChI=1S/C7H10N2O3.K/c1-5-6(3-10)8-4-9(5)2-7(11)12;/h4,10H,2-3H2,1H3,(H,11,12);/q;+1/p-1. The summed E-state index contributed by atoms with van der Waals surface area (Å²) in [7, 11) is 0. The van der Waals surface area contributed by atoms with Crippen LogP contribution in [0, 0.1) is 6.92 Å². The van der Waals surface area contributed by atoms with Crippen molar-refractivity contribution >= 4 is 5.97 Å². The Morgan fingerprint density at radius 2 is 2.38 bits per heavy atom. The number of aromatic nitrogens is 2. The minimum absolute atomic E-state index is 0. The van der Waals surface area contributed by atoms with E-state index in [1.54, 1.807) is 6.92 Å². The number of hydrogen-bond acceptors (Lipinski definition) is 4. The molecule has 1 aromatic rings. The summed E-state index contributed by atoms with van der Waals surface area (Å²) in [6, 6.07) is 0. The Balaban J connectivity index is 0.00000144. The van der Waals surface area contributed by atoms with E-state index in [-0.39, 0.29) is 64.5 Å². The average molecular weight is 208 g/mol. The van der Waals surface area contributed by atoms with E-state index in [4.69, 9.17) is 5.11 Å². The molecule has 0 bridgehead atoms. The summed E-state index contributed by atoms with van der Waals surface area (Å²) in [5, 5.41) is 18.9. The second-order valence-electron chi connectivity index (χ2n) is 2.43. The third-order valence-electron chi connectivity index (χ3n) is 1.65. The summed E-state index contributed by atoms with van der Waals surface area (Å²) in [4.78, 5) is 14.0. The van der Waals surface area contributed by atoms with Gasteiger partial charge in [0.1, 0.15) is 0 Å². The van der Waals surface area contributed by atoms with E-state index < -0.39 is 5.97 Å². The third kappa shape index (κ3) is 3.49. The van der Waals surface area contributed by atoms with Gasteiger partial charge >= 0.3 is 51.4 Å². The van der Waals surface area contributed by atoms with Crippen molar-refractivity contribution in [1.29, 1.82) is 0 Å². The molecule has 1 N–H and O–H groups in total. The largest absolute Gasteiger partial charge is 1.00 e. The monoisotopic (exact) mass is 208 g/mol. The molecule has 0 unspecified atom stereocenters. The van der Waals surface area contributed by atoms with Crippen molar-refractivity contribution in [3.05, 3.63) is 17.7 Å². The maximum absolute atomic E-state index is 10.2. The molecule has 5 nitrogen and oxygen atoms in total. The minimum atomic E-state index is -1.17. The van der Waals surface area contributed by atoms with Crippen molar-refractivity contribution in [1.82, 2.24) is 9.55 Å². The molecule has 66 valence electrons. The summed E-state index contributed by atoms with van der Waals surface area (Å²) in [5.74, 6) is -1.17. The first kappa shape index (κ1) is 13.3. The Labute approximate surface area is 118 Å². The number of rotatable bonds is 3. The Bertz CT molecular complexity index is 298. The fourth-order valence-corrected chi connectivity index (χ4v) is 0.939. The van der Waals surface area contributed by atoms with Gasteiger partial charge in [-0.05, 0) is 6.92 Å². The SMILES string of the molecule is Cc1c(CO)ncn1CC(=O)[O-].[K+]. The molecule has 0 radical (unpaired) electrons. The van der Waals surface area contributed by atoms with E-state index in [0.29, 0.717) is 11.4 Å². The Kier molecular flexibility index (Phi) is 6.02. The van der Waals surface area contributed by atoms with Gasteiger partial charge in [-0.3, -0.25) is 0 Å². The van der Waals surface area contributed by atoms with Gasteiger partial charge in [0.15, 0.2) is 0 Å². The normalized spacial score (nSPS) is 9.38. The second-order valence-corrected chi connectivity index (χ2v) is 2.43. The van der Waals surface area contributed by atoms with Crippen molar-refractivity contribution in [3.63, 3.8) is 0 Å². The maximum Gasteiger partial charge on any atom is 1.00 e. The van der Waals surface area contributed by atoms with E-state index in [0.717, 1.165) is 0 Å². The molecule has 0 aliphatic heterocycles. The van der Waals surface area contributed by atoms with Gasteiger partial charge in [0, 0.05) is 5.69 Å². The fourth-order valence-electron chi connectivity index (χ4n) is 0.939. The van der Waals surface area contributed by atoms with E-state index >= 15 is 0 Å². The van der Waals surface area contributed by atoms with Gasteiger partial charge in [-0.25, -0.2) is 4.98 Å². The first-order valence-electron chi connectivity index (χ1n) is 3.46. The number of hydrogen-bond donors (Lipinski definition) is 1. The number of carboxylic acid groups (broad SMARTS) is 1. The summed E-state index contributed by atoms with van der Waals surface area (Å²) in [6.45, 7) is 1.30. The van der Waals surface area contributed by atoms with Crippen molar-refractivity contribution in [3.8, 4) is 0 Å². The predicted molar refractivity (Wildman–Crippen MR) is 37.9 cm³/mol. The van der Waals surface area contributed by atoms with Crippen LogP contribution in [0.3, 0.4) is 0 Å². The number of carbonyl (C=O) groups excluding carboxylic acids is 1. The van der Waals surface area contributed by atoms with Gasteiger partial charge in [-0.1, -0.05) is 0 Å². The Hall–Kier alpha value is 0.276. The van der Waals surface area contributed by atoms with E-state index in [1.807, 2.05) is 0 Å². The van der Waals surface area contributed by atoms with Gasteiger partial charge in [0.2, 0.25) is 0 Å². The van der Waals surface area contributed by atoms with Crippen LogP contribution in [0.5, 0.6) is 0 Å². The summed E-state index contributed by atoms with van der Waals surface area (Å²) in [5.41, 5.74) is 1.15. The molecule has 1 aromatic heterocycles. The third-order valence-corrected chi connectivity index (χ3v) is 1.65. The van der Waals surface area contributed by atoms with Crippen LogP contribution in [-0.4, -0.2) is 20.6 Å². The molecule has 0 amide bonds. The zero-order valence-corrected chi connectivity index (χ0v) is 10.8. The number of aliphatic carboxylic acids is 1. The molecule has 0 atom stereocenters. The minimum Gasteiger partial charge on any atom is -0.548 e. The Morgan fingerprint density at radius 3 is 2.77 bits per heavy atom. The molecule has 0 saturated carbocycles. The molecular weight excluding hydrogens is 199 g/mol. The second kappa shape index (κ2) is 5.89. The molecule has 1 heterocycles. The molecule has 1 rings (SSSR count). The van der Waals surface area contributed by atoms with Crippen molar-refractivity contribution in [2.24, 2.45) is 0 Å². The van der Waals surface area contributed by atoms with Crippen molar-refractivity contribution < 1.29 is 66.4 Å². The zero-order chi connectivity index (χ0) is 9.14. The number of aliphatic hydroxyl groups is 1. The first-order valence-corrected chi connectivity index (χ1v) is 3.46. The molecule has 0 aliphatic rings. The van der Waals surface area contributed by atoms with Crippen LogP contribution in [-0.2, 0) is 17.9 Å². The van der Waals surface area contributed by atoms with E-state index in [9.17, 15) is 9.90 Å². The van der Waals surface area contributed by atoms with Gasteiger partial charge < -0.3 is 19.6 Å². The molecule has 13 heavy (non-hydrogen) atoms. The maximum atomic E-state index is 10.2. The molecular formula is C7H9KN2O3. The zero-order valence-electron chi connectivity index (χ0n) is 7.65. The topological polar surface area (TPSA) is 78.2 Å². The van der Waals surface area contributed by atoms with Gasteiger partial charge in [-0.15, -0.1) is 0 Å². The van der Waals surface area contributed by atoms with Gasteiger partial charge in [0.05, 0.1) is 31.1 Å². The van der Waals surface area contributed by atoms with Crippen LogP contribution >= 0.6 is 0 Å². The van der Waals surface area contributed by atoms with Crippen LogP contribution in [0.4, 0.5) is 0 Å². The molecule has 0 fully saturated rings. The van der Waals surface area contributed by atoms with Crippen molar-refractivity contribution in [2.45, 2.75) is 20.1 Å². The quantitative estimate of drug-likeness (QED) is 0.507.